The van der Waals surface area contributed by atoms with E-state index >= 15 is 0 Å². The molecule has 0 radical (unpaired) electrons. The highest BCUT2D eigenvalue weighted by Crippen LogP contribution is 2.34. The minimum absolute atomic E-state index is 0.426. The zero-order valence-corrected chi connectivity index (χ0v) is 11.0. The molecule has 0 spiro atoms. The van der Waals surface area contributed by atoms with E-state index in [0.717, 1.165) is 12.5 Å². The molecule has 0 amide bonds. The third-order valence-electron chi connectivity index (χ3n) is 2.98. The Hall–Kier alpha value is -0.180. The fourth-order valence-corrected chi connectivity index (χ4v) is 3.38. The van der Waals surface area contributed by atoms with Crippen LogP contribution in [-0.2, 0) is 0 Å². The third kappa shape index (κ3) is 3.40. The smallest absolute Gasteiger partial charge is 0.157 e. The van der Waals surface area contributed by atoms with Crippen LogP contribution in [0, 0.1) is 11.3 Å². The fraction of sp³-hybridized carbons (Fsp3) is 0.917. The van der Waals surface area contributed by atoms with E-state index in [4.69, 9.17) is 0 Å². The molecule has 0 aromatic carbocycles. The standard InChI is InChI=1S/C12H22N2S/c1-8-5-10(8)14-11-13-7-9(15-11)6-12(2,3)4/h8-10H,5-7H2,1-4H3,(H,13,14). The van der Waals surface area contributed by atoms with Crippen LogP contribution in [0.15, 0.2) is 4.99 Å². The second kappa shape index (κ2) is 4.00. The van der Waals surface area contributed by atoms with Gasteiger partial charge in [-0.3, -0.25) is 4.99 Å². The first kappa shape index (κ1) is 11.3. The molecule has 1 aliphatic heterocycles. The maximum Gasteiger partial charge on any atom is 0.157 e. The van der Waals surface area contributed by atoms with E-state index in [1.165, 1.54) is 18.0 Å². The highest BCUT2D eigenvalue weighted by molar-refractivity contribution is 8.14. The number of rotatable bonds is 2. The number of thioether (sulfide) groups is 1. The molecular weight excluding hydrogens is 204 g/mol. The Morgan fingerprint density at radius 3 is 2.67 bits per heavy atom. The van der Waals surface area contributed by atoms with Crippen LogP contribution in [-0.4, -0.2) is 23.0 Å². The average molecular weight is 226 g/mol. The lowest BCUT2D eigenvalue weighted by Crippen LogP contribution is -2.23. The summed E-state index contributed by atoms with van der Waals surface area (Å²) in [5.74, 6) is 0.856. The lowest BCUT2D eigenvalue weighted by atomic mass is 9.90. The minimum atomic E-state index is 0.426. The maximum atomic E-state index is 4.58. The summed E-state index contributed by atoms with van der Waals surface area (Å²) in [4.78, 5) is 4.58. The van der Waals surface area contributed by atoms with Gasteiger partial charge in [0.25, 0.3) is 0 Å². The predicted octanol–water partition coefficient (Wildman–Crippen LogP) is 2.89. The molecule has 3 heteroatoms. The quantitative estimate of drug-likeness (QED) is 0.783. The molecule has 3 atom stereocenters. The second-order valence-corrected chi connectivity index (χ2v) is 7.40. The van der Waals surface area contributed by atoms with E-state index in [1.807, 2.05) is 11.8 Å². The van der Waals surface area contributed by atoms with Crippen LogP contribution in [0.5, 0.6) is 0 Å². The number of hydrogen-bond donors (Lipinski definition) is 1. The Balaban J connectivity index is 1.73. The highest BCUT2D eigenvalue weighted by Gasteiger charge is 2.35. The monoisotopic (exact) mass is 226 g/mol. The lowest BCUT2D eigenvalue weighted by Gasteiger charge is -2.21. The van der Waals surface area contributed by atoms with Crippen molar-refractivity contribution in [3.8, 4) is 0 Å². The molecule has 3 unspecified atom stereocenters. The molecule has 1 N–H and O–H groups in total. The molecule has 1 fully saturated rings. The summed E-state index contributed by atoms with van der Waals surface area (Å²) in [6.07, 6.45) is 2.58. The first-order chi connectivity index (χ1) is 6.94. The zero-order chi connectivity index (χ0) is 11.1. The number of nitrogens with one attached hydrogen (secondary N) is 1. The van der Waals surface area contributed by atoms with Gasteiger partial charge < -0.3 is 5.32 Å². The normalized spacial score (nSPS) is 35.2. The van der Waals surface area contributed by atoms with E-state index in [9.17, 15) is 0 Å². The van der Waals surface area contributed by atoms with E-state index in [-0.39, 0.29) is 0 Å². The molecule has 86 valence electrons. The van der Waals surface area contributed by atoms with Gasteiger partial charge in [-0.15, -0.1) is 0 Å². The summed E-state index contributed by atoms with van der Waals surface area (Å²) in [6.45, 7) is 10.2. The lowest BCUT2D eigenvalue weighted by molar-refractivity contribution is 0.375. The van der Waals surface area contributed by atoms with Crippen LogP contribution in [0.3, 0.4) is 0 Å². The van der Waals surface area contributed by atoms with Crippen molar-refractivity contribution in [1.29, 1.82) is 0 Å². The Morgan fingerprint density at radius 1 is 1.47 bits per heavy atom. The van der Waals surface area contributed by atoms with Gasteiger partial charge in [-0.1, -0.05) is 39.5 Å². The topological polar surface area (TPSA) is 24.4 Å². The van der Waals surface area contributed by atoms with Gasteiger partial charge in [-0.25, -0.2) is 0 Å². The molecule has 1 saturated carbocycles. The van der Waals surface area contributed by atoms with Crippen molar-refractivity contribution in [2.75, 3.05) is 6.54 Å². The van der Waals surface area contributed by atoms with Crippen LogP contribution in [0.4, 0.5) is 0 Å². The van der Waals surface area contributed by atoms with Crippen molar-refractivity contribution in [3.63, 3.8) is 0 Å². The van der Waals surface area contributed by atoms with Crippen LogP contribution in [0.2, 0.25) is 0 Å². The second-order valence-electron chi connectivity index (χ2n) is 6.11. The van der Waals surface area contributed by atoms with Crippen LogP contribution in [0.1, 0.15) is 40.5 Å². The van der Waals surface area contributed by atoms with Crippen LogP contribution >= 0.6 is 11.8 Å². The van der Waals surface area contributed by atoms with Crippen molar-refractivity contribution in [2.24, 2.45) is 16.3 Å². The molecule has 2 nitrogen and oxygen atoms in total. The summed E-state index contributed by atoms with van der Waals surface area (Å²) in [7, 11) is 0. The molecule has 0 saturated heterocycles. The molecule has 1 aliphatic carbocycles. The van der Waals surface area contributed by atoms with Crippen LogP contribution < -0.4 is 5.32 Å². The fourth-order valence-electron chi connectivity index (χ4n) is 1.97. The molecule has 2 aliphatic rings. The Kier molecular flexibility index (Phi) is 3.02. The average Bonchev–Trinajstić information content (AvgIpc) is 2.58. The predicted molar refractivity (Wildman–Crippen MR) is 68.5 cm³/mol. The van der Waals surface area contributed by atoms with Crippen LogP contribution in [0.25, 0.3) is 0 Å². The van der Waals surface area contributed by atoms with Gasteiger partial charge in [-0.2, -0.15) is 0 Å². The summed E-state index contributed by atoms with van der Waals surface area (Å²) in [5.41, 5.74) is 0.426. The number of amidine groups is 1. The Morgan fingerprint density at radius 2 is 2.13 bits per heavy atom. The van der Waals surface area contributed by atoms with Gasteiger partial charge >= 0.3 is 0 Å². The molecule has 0 aromatic rings. The van der Waals surface area contributed by atoms with Gasteiger partial charge in [0, 0.05) is 11.3 Å². The largest absolute Gasteiger partial charge is 0.362 e. The van der Waals surface area contributed by atoms with Gasteiger partial charge in [0.15, 0.2) is 5.17 Å². The maximum absolute atomic E-state index is 4.58. The highest BCUT2D eigenvalue weighted by atomic mass is 32.2. The van der Waals surface area contributed by atoms with Gasteiger partial charge in [0.05, 0.1) is 6.54 Å². The summed E-state index contributed by atoms with van der Waals surface area (Å²) >= 11 is 1.95. The minimum Gasteiger partial charge on any atom is -0.362 e. The van der Waals surface area contributed by atoms with Crippen molar-refractivity contribution in [3.05, 3.63) is 0 Å². The molecule has 2 rings (SSSR count). The SMILES string of the molecule is CC1CC1NC1=NCC(CC(C)(C)C)S1. The van der Waals surface area contributed by atoms with E-state index in [1.54, 1.807) is 0 Å². The summed E-state index contributed by atoms with van der Waals surface area (Å²) < 4.78 is 0. The summed E-state index contributed by atoms with van der Waals surface area (Å²) in [5, 5.41) is 5.42. The molecule has 0 aromatic heterocycles. The van der Waals surface area contributed by atoms with E-state index in [2.05, 4.69) is 38.0 Å². The summed E-state index contributed by atoms with van der Waals surface area (Å²) in [6, 6.07) is 0.713. The van der Waals surface area contributed by atoms with Gasteiger partial charge in [-0.05, 0) is 24.2 Å². The number of aliphatic imine (C=N–C) groups is 1. The third-order valence-corrected chi connectivity index (χ3v) is 4.09. The zero-order valence-electron chi connectivity index (χ0n) is 10.2. The van der Waals surface area contributed by atoms with Gasteiger partial charge in [0.2, 0.25) is 0 Å². The Labute approximate surface area is 97.3 Å². The first-order valence-corrected chi connectivity index (χ1v) is 6.80. The molecule has 0 bridgehead atoms. The van der Waals surface area contributed by atoms with E-state index < -0.39 is 0 Å². The molecule has 1 heterocycles. The molecular formula is C12H22N2S. The van der Waals surface area contributed by atoms with Crippen molar-refractivity contribution in [1.82, 2.24) is 5.32 Å². The van der Waals surface area contributed by atoms with Crippen molar-refractivity contribution < 1.29 is 0 Å². The van der Waals surface area contributed by atoms with E-state index in [0.29, 0.717) is 16.7 Å². The number of hydrogen-bond acceptors (Lipinski definition) is 3. The Bertz CT molecular complexity index is 267. The number of nitrogens with zero attached hydrogens (tertiary/aromatic N) is 1. The van der Waals surface area contributed by atoms with Gasteiger partial charge in [0.1, 0.15) is 0 Å². The van der Waals surface area contributed by atoms with Crippen molar-refractivity contribution >= 4 is 16.9 Å². The molecule has 15 heavy (non-hydrogen) atoms. The first-order valence-electron chi connectivity index (χ1n) is 5.92. The van der Waals surface area contributed by atoms with Crippen molar-refractivity contribution in [2.45, 2.75) is 51.8 Å².